The van der Waals surface area contributed by atoms with Crippen molar-refractivity contribution in [2.24, 2.45) is 0 Å². The van der Waals surface area contributed by atoms with Crippen molar-refractivity contribution in [2.75, 3.05) is 5.73 Å². The summed E-state index contributed by atoms with van der Waals surface area (Å²) >= 11 is 1.45. The van der Waals surface area contributed by atoms with Crippen molar-refractivity contribution in [2.45, 2.75) is 37.8 Å². The molecule has 1 aromatic carbocycles. The average molecular weight is 432 g/mol. The average Bonchev–Trinajstić information content (AvgIpc) is 3.53. The topological polar surface area (TPSA) is 103 Å². The molecule has 156 valence electrons. The number of benzene rings is 1. The normalized spacial score (nSPS) is 19.4. The number of rotatable bonds is 3. The molecule has 5 aromatic rings. The summed E-state index contributed by atoms with van der Waals surface area (Å²) in [5.74, 6) is 1.12. The molecule has 0 radical (unpaired) electrons. The molecule has 0 unspecified atom stereocenters. The Balaban J connectivity index is 1.44. The van der Waals surface area contributed by atoms with Crippen molar-refractivity contribution in [1.29, 1.82) is 0 Å². The highest BCUT2D eigenvalue weighted by Crippen LogP contribution is 2.39. The van der Waals surface area contributed by atoms with E-state index in [1.54, 1.807) is 6.20 Å². The summed E-state index contributed by atoms with van der Waals surface area (Å²) < 4.78 is 13.6. The first kappa shape index (κ1) is 18.5. The Hall–Kier alpha value is -3.23. The van der Waals surface area contributed by atoms with Gasteiger partial charge in [-0.1, -0.05) is 12.1 Å². The Morgan fingerprint density at radius 3 is 2.84 bits per heavy atom. The van der Waals surface area contributed by atoms with Crippen LogP contribution in [0.1, 0.15) is 31.7 Å². The molecular formula is C23H21N5O2S. The molecule has 8 heteroatoms. The Labute approximate surface area is 182 Å². The van der Waals surface area contributed by atoms with Gasteiger partial charge in [0.05, 0.1) is 23.0 Å². The number of pyridine rings is 1. The highest BCUT2D eigenvalue weighted by atomic mass is 32.1. The van der Waals surface area contributed by atoms with Crippen LogP contribution in [-0.2, 0) is 0 Å². The van der Waals surface area contributed by atoms with E-state index in [-0.39, 0.29) is 6.10 Å². The number of aliphatic hydroxyl groups is 1. The number of anilines is 1. The molecule has 1 saturated carbocycles. The van der Waals surface area contributed by atoms with Crippen molar-refractivity contribution in [3.63, 3.8) is 0 Å². The highest BCUT2D eigenvalue weighted by molar-refractivity contribution is 7.13. The number of nitrogen functional groups attached to an aromatic ring is 1. The van der Waals surface area contributed by atoms with Crippen LogP contribution in [0, 0.1) is 0 Å². The van der Waals surface area contributed by atoms with Gasteiger partial charge in [-0.25, -0.2) is 4.98 Å². The molecule has 1 fully saturated rings. The maximum Gasteiger partial charge on any atom is 0.177 e. The molecule has 3 N–H and O–H groups in total. The number of aromatic nitrogens is 4. The molecule has 31 heavy (non-hydrogen) atoms. The van der Waals surface area contributed by atoms with E-state index < -0.39 is 0 Å². The van der Waals surface area contributed by atoms with Gasteiger partial charge < -0.3 is 15.3 Å². The summed E-state index contributed by atoms with van der Waals surface area (Å²) in [6.07, 6.45) is 10.9. The lowest BCUT2D eigenvalue weighted by Gasteiger charge is -2.25. The van der Waals surface area contributed by atoms with E-state index in [4.69, 9.17) is 10.2 Å². The standard InChI is InChI=1S/C23H21N5O2S/c24-23-21-18(8-20(30-21)17-3-1-2-13-10-27-31-22(13)17)19(11-25-23)14-9-26-28(12-14)15-4-6-16(29)7-5-15/h1-3,8-12,15-16,29H,4-7H2,(H2,24,25)/t15-,16-. The van der Waals surface area contributed by atoms with Crippen LogP contribution in [0.4, 0.5) is 5.82 Å². The fraction of sp³-hybridized carbons (Fsp3) is 0.261. The zero-order chi connectivity index (χ0) is 20.9. The van der Waals surface area contributed by atoms with E-state index in [2.05, 4.69) is 20.7 Å². The van der Waals surface area contributed by atoms with E-state index in [9.17, 15) is 5.11 Å². The van der Waals surface area contributed by atoms with Crippen LogP contribution in [0.3, 0.4) is 0 Å². The number of hydrogen-bond donors (Lipinski definition) is 2. The van der Waals surface area contributed by atoms with Gasteiger partial charge in [0.25, 0.3) is 0 Å². The Morgan fingerprint density at radius 1 is 1.10 bits per heavy atom. The van der Waals surface area contributed by atoms with Crippen molar-refractivity contribution in [1.82, 2.24) is 19.1 Å². The van der Waals surface area contributed by atoms with E-state index in [1.807, 2.05) is 41.3 Å². The van der Waals surface area contributed by atoms with Gasteiger partial charge >= 0.3 is 0 Å². The van der Waals surface area contributed by atoms with Crippen LogP contribution in [0.25, 0.3) is 43.5 Å². The minimum atomic E-state index is -0.181. The van der Waals surface area contributed by atoms with Gasteiger partial charge in [-0.2, -0.15) is 9.47 Å². The molecule has 0 saturated heterocycles. The van der Waals surface area contributed by atoms with Gasteiger partial charge in [-0.05, 0) is 49.3 Å². The van der Waals surface area contributed by atoms with Gasteiger partial charge in [0, 0.05) is 46.1 Å². The highest BCUT2D eigenvalue weighted by Gasteiger charge is 2.22. The molecule has 6 rings (SSSR count). The molecule has 4 heterocycles. The molecule has 7 nitrogen and oxygen atoms in total. The van der Waals surface area contributed by atoms with Crippen molar-refractivity contribution in [3.05, 3.63) is 49.1 Å². The van der Waals surface area contributed by atoms with Crippen molar-refractivity contribution < 1.29 is 9.52 Å². The van der Waals surface area contributed by atoms with Crippen LogP contribution in [0.2, 0.25) is 0 Å². The van der Waals surface area contributed by atoms with Gasteiger partial charge in [0.1, 0.15) is 5.76 Å². The number of nitrogens with zero attached hydrogens (tertiary/aromatic N) is 4. The van der Waals surface area contributed by atoms with E-state index in [0.29, 0.717) is 17.4 Å². The molecule has 0 atom stereocenters. The molecule has 0 spiro atoms. The fourth-order valence-corrected chi connectivity index (χ4v) is 5.26. The molecule has 0 bridgehead atoms. The van der Waals surface area contributed by atoms with Crippen LogP contribution in [0.15, 0.2) is 53.5 Å². The lowest BCUT2D eigenvalue weighted by Crippen LogP contribution is -2.21. The summed E-state index contributed by atoms with van der Waals surface area (Å²) in [4.78, 5) is 4.38. The third-order valence-corrected chi connectivity index (χ3v) is 7.04. The van der Waals surface area contributed by atoms with Gasteiger partial charge in [0.15, 0.2) is 11.4 Å². The predicted octanol–water partition coefficient (Wildman–Crippen LogP) is 5.03. The maximum absolute atomic E-state index is 9.79. The van der Waals surface area contributed by atoms with Crippen LogP contribution < -0.4 is 5.73 Å². The first-order valence-corrected chi connectivity index (χ1v) is 11.2. The Bertz CT molecular complexity index is 1390. The summed E-state index contributed by atoms with van der Waals surface area (Å²) in [5.41, 5.74) is 9.67. The molecule has 0 aliphatic heterocycles. The van der Waals surface area contributed by atoms with Crippen molar-refractivity contribution >= 4 is 38.4 Å². The minimum Gasteiger partial charge on any atom is -0.452 e. The SMILES string of the molecule is Nc1ncc(-c2cnn([C@H]3CC[C@H](O)CC3)c2)c2cc(-c3cccc4cnsc34)oc12. The Kier molecular flexibility index (Phi) is 4.29. The molecule has 1 aliphatic rings. The second-order valence-electron chi connectivity index (χ2n) is 8.13. The second kappa shape index (κ2) is 7.18. The summed E-state index contributed by atoms with van der Waals surface area (Å²) in [6, 6.07) is 8.44. The van der Waals surface area contributed by atoms with Gasteiger partial charge in [-0.15, -0.1) is 0 Å². The molecule has 4 aromatic heterocycles. The first-order valence-electron chi connectivity index (χ1n) is 10.4. The van der Waals surface area contributed by atoms with Crippen LogP contribution in [0.5, 0.6) is 0 Å². The predicted molar refractivity (Wildman–Crippen MR) is 122 cm³/mol. The summed E-state index contributed by atoms with van der Waals surface area (Å²) in [7, 11) is 0. The monoisotopic (exact) mass is 431 g/mol. The fourth-order valence-electron chi connectivity index (χ4n) is 4.49. The number of hydrogen-bond acceptors (Lipinski definition) is 7. The lowest BCUT2D eigenvalue weighted by molar-refractivity contribution is 0.108. The lowest BCUT2D eigenvalue weighted by atomic mass is 9.93. The quantitative estimate of drug-likeness (QED) is 0.415. The van der Waals surface area contributed by atoms with E-state index in [1.165, 1.54) is 11.5 Å². The zero-order valence-corrected chi connectivity index (χ0v) is 17.5. The number of fused-ring (bicyclic) bond motifs is 2. The third-order valence-electron chi connectivity index (χ3n) is 6.19. The molecule has 0 amide bonds. The number of aliphatic hydroxyl groups excluding tert-OH is 1. The smallest absolute Gasteiger partial charge is 0.177 e. The van der Waals surface area contributed by atoms with Gasteiger partial charge in [0.2, 0.25) is 0 Å². The van der Waals surface area contributed by atoms with Gasteiger partial charge in [-0.3, -0.25) is 4.68 Å². The first-order chi connectivity index (χ1) is 15.2. The Morgan fingerprint density at radius 2 is 1.97 bits per heavy atom. The summed E-state index contributed by atoms with van der Waals surface area (Å²) in [6.45, 7) is 0. The number of furan rings is 1. The minimum absolute atomic E-state index is 0.181. The zero-order valence-electron chi connectivity index (χ0n) is 16.7. The van der Waals surface area contributed by atoms with Crippen LogP contribution >= 0.6 is 11.5 Å². The third kappa shape index (κ3) is 3.10. The number of nitrogens with two attached hydrogens (primary N) is 1. The van der Waals surface area contributed by atoms with Crippen molar-refractivity contribution in [3.8, 4) is 22.5 Å². The maximum atomic E-state index is 9.79. The van der Waals surface area contributed by atoms with E-state index >= 15 is 0 Å². The largest absolute Gasteiger partial charge is 0.452 e. The second-order valence-corrected chi connectivity index (χ2v) is 8.93. The van der Waals surface area contributed by atoms with E-state index in [0.717, 1.165) is 63.6 Å². The molecular weight excluding hydrogens is 410 g/mol. The molecule has 1 aliphatic carbocycles. The van der Waals surface area contributed by atoms with Crippen LogP contribution in [-0.4, -0.2) is 30.3 Å². The summed E-state index contributed by atoms with van der Waals surface area (Å²) in [5, 5.41) is 16.4.